The highest BCUT2D eigenvalue weighted by Crippen LogP contribution is 2.31. The molecule has 0 aliphatic heterocycles. The maximum Gasteiger partial charge on any atom is 0.203 e. The number of fused-ring (bicyclic) bond motifs is 1. The van der Waals surface area contributed by atoms with Gasteiger partial charge in [-0.25, -0.2) is 0 Å². The van der Waals surface area contributed by atoms with E-state index in [4.69, 9.17) is 4.74 Å². The summed E-state index contributed by atoms with van der Waals surface area (Å²) in [7, 11) is 5.74. The number of nitrogens with zero attached hydrogens (tertiary/aromatic N) is 3. The Morgan fingerprint density at radius 3 is 2.48 bits per heavy atom. The van der Waals surface area contributed by atoms with Gasteiger partial charge in [-0.2, -0.15) is 0 Å². The summed E-state index contributed by atoms with van der Waals surface area (Å²) in [4.78, 5) is 19.4. The zero-order valence-corrected chi connectivity index (χ0v) is 18.9. The van der Waals surface area contributed by atoms with E-state index in [1.165, 1.54) is 10.5 Å². The zero-order chi connectivity index (χ0) is 21.0. The van der Waals surface area contributed by atoms with E-state index in [0.29, 0.717) is 0 Å². The van der Waals surface area contributed by atoms with Crippen molar-refractivity contribution in [3.05, 3.63) is 52.5 Å². The summed E-state index contributed by atoms with van der Waals surface area (Å²) >= 11 is 1.60. The second kappa shape index (κ2) is 9.57. The summed E-state index contributed by atoms with van der Waals surface area (Å²) in [6, 6.07) is 12.0. The number of hydrogen-bond acceptors (Lipinski definition) is 5. The minimum atomic E-state index is 0.0935. The largest absolute Gasteiger partial charge is 0.383 e. The van der Waals surface area contributed by atoms with E-state index in [0.717, 1.165) is 54.3 Å². The summed E-state index contributed by atoms with van der Waals surface area (Å²) < 4.78 is 7.55. The number of anilines is 1. The highest BCUT2D eigenvalue weighted by atomic mass is 32.1. The van der Waals surface area contributed by atoms with Crippen LogP contribution in [-0.4, -0.2) is 62.7 Å². The van der Waals surface area contributed by atoms with E-state index in [9.17, 15) is 4.79 Å². The summed E-state index contributed by atoms with van der Waals surface area (Å²) in [5.41, 5.74) is 3.07. The molecule has 0 spiro atoms. The molecule has 0 aliphatic carbocycles. The third kappa shape index (κ3) is 4.89. The summed E-state index contributed by atoms with van der Waals surface area (Å²) in [5, 5.41) is 1.15. The van der Waals surface area contributed by atoms with Crippen LogP contribution >= 0.6 is 11.3 Å². The fourth-order valence-electron chi connectivity index (χ4n) is 3.51. The molecule has 0 unspecified atom stereocenters. The van der Waals surface area contributed by atoms with Gasteiger partial charge in [-0.05, 0) is 49.9 Å². The number of aromatic nitrogens is 1. The number of benzene rings is 1. The quantitative estimate of drug-likeness (QED) is 0.465. The van der Waals surface area contributed by atoms with E-state index < -0.39 is 0 Å². The van der Waals surface area contributed by atoms with Gasteiger partial charge in [0.1, 0.15) is 4.83 Å². The number of carbonyl (C=O) groups excluding carboxylic acids is 1. The highest BCUT2D eigenvalue weighted by molar-refractivity contribution is 7.20. The van der Waals surface area contributed by atoms with Crippen molar-refractivity contribution >= 4 is 33.0 Å². The number of thiophene rings is 1. The molecule has 156 valence electrons. The molecular weight excluding hydrogens is 382 g/mol. The first kappa shape index (κ1) is 21.6. The number of ketones is 1. The van der Waals surface area contributed by atoms with Crippen molar-refractivity contribution in [3.8, 4) is 0 Å². The van der Waals surface area contributed by atoms with Gasteiger partial charge in [0.25, 0.3) is 0 Å². The Hall–Kier alpha value is -2.15. The second-order valence-corrected chi connectivity index (χ2v) is 8.54. The van der Waals surface area contributed by atoms with E-state index in [2.05, 4.69) is 29.4 Å². The molecule has 0 atom stereocenters. The van der Waals surface area contributed by atoms with Crippen LogP contribution in [0, 0.1) is 6.92 Å². The predicted octanol–water partition coefficient (Wildman–Crippen LogP) is 4.28. The Balaban J connectivity index is 1.79. The molecule has 0 saturated heterocycles. The molecule has 6 heteroatoms. The lowest BCUT2D eigenvalue weighted by molar-refractivity contribution is 0.104. The van der Waals surface area contributed by atoms with Gasteiger partial charge < -0.3 is 14.2 Å². The number of rotatable bonds is 10. The van der Waals surface area contributed by atoms with E-state index in [1.807, 2.05) is 49.3 Å². The predicted molar refractivity (Wildman–Crippen MR) is 123 cm³/mol. The molecule has 29 heavy (non-hydrogen) atoms. The molecule has 1 aromatic carbocycles. The van der Waals surface area contributed by atoms with Crippen molar-refractivity contribution in [2.24, 2.45) is 0 Å². The topological polar surface area (TPSA) is 37.7 Å². The van der Waals surface area contributed by atoms with Gasteiger partial charge in [0.15, 0.2) is 0 Å². The van der Waals surface area contributed by atoms with Crippen LogP contribution in [0.4, 0.5) is 5.69 Å². The molecule has 0 bridgehead atoms. The van der Waals surface area contributed by atoms with Crippen molar-refractivity contribution in [3.63, 3.8) is 0 Å². The lowest BCUT2D eigenvalue weighted by Crippen LogP contribution is -2.30. The van der Waals surface area contributed by atoms with Gasteiger partial charge in [-0.3, -0.25) is 9.69 Å². The van der Waals surface area contributed by atoms with Gasteiger partial charge in [0.2, 0.25) is 5.78 Å². The van der Waals surface area contributed by atoms with Crippen LogP contribution in [-0.2, 0) is 11.3 Å². The van der Waals surface area contributed by atoms with Crippen LogP contribution in [0.3, 0.4) is 0 Å². The van der Waals surface area contributed by atoms with Crippen molar-refractivity contribution < 1.29 is 9.53 Å². The number of aryl methyl sites for hydroxylation is 1. The van der Waals surface area contributed by atoms with E-state index in [-0.39, 0.29) is 5.78 Å². The van der Waals surface area contributed by atoms with E-state index in [1.54, 1.807) is 18.4 Å². The highest BCUT2D eigenvalue weighted by Gasteiger charge is 2.17. The van der Waals surface area contributed by atoms with Crippen LogP contribution in [0.2, 0.25) is 0 Å². The summed E-state index contributed by atoms with van der Waals surface area (Å²) in [6.07, 6.45) is 0. The second-order valence-electron chi connectivity index (χ2n) is 7.51. The Bertz CT molecular complexity index is 957. The third-order valence-electron chi connectivity index (χ3n) is 5.34. The first-order valence-corrected chi connectivity index (χ1v) is 10.9. The molecule has 0 amide bonds. The monoisotopic (exact) mass is 413 g/mol. The number of likely N-dealkylation sites (N-methyl/N-ethyl adjacent to an activating group) is 1. The number of methoxy groups -OCH3 is 1. The molecule has 0 aliphatic rings. The molecular formula is C23H31N3O2S. The van der Waals surface area contributed by atoms with Gasteiger partial charge in [-0.1, -0.05) is 6.92 Å². The fourth-order valence-corrected chi connectivity index (χ4v) is 4.69. The first-order valence-electron chi connectivity index (χ1n) is 10.1. The zero-order valence-electron chi connectivity index (χ0n) is 18.1. The summed E-state index contributed by atoms with van der Waals surface area (Å²) in [5.74, 6) is 0.0935. The number of ether oxygens (including phenoxy) is 1. The average Bonchev–Trinajstić information content (AvgIpc) is 3.25. The van der Waals surface area contributed by atoms with Crippen LogP contribution in [0.5, 0.6) is 0 Å². The van der Waals surface area contributed by atoms with Gasteiger partial charge in [0, 0.05) is 63.2 Å². The van der Waals surface area contributed by atoms with Crippen LogP contribution in [0.1, 0.15) is 27.9 Å². The van der Waals surface area contributed by atoms with Gasteiger partial charge in [0.05, 0.1) is 11.5 Å². The lowest BCUT2D eigenvalue weighted by atomic mass is 10.1. The molecule has 2 aromatic heterocycles. The Morgan fingerprint density at radius 1 is 1.14 bits per heavy atom. The van der Waals surface area contributed by atoms with Crippen LogP contribution in [0.15, 0.2) is 36.4 Å². The third-order valence-corrected chi connectivity index (χ3v) is 6.52. The van der Waals surface area contributed by atoms with Crippen LogP contribution in [0.25, 0.3) is 10.2 Å². The Labute approximate surface area is 177 Å². The summed E-state index contributed by atoms with van der Waals surface area (Å²) in [6.45, 7) is 8.89. The Kier molecular flexibility index (Phi) is 7.11. The molecule has 2 heterocycles. The maximum atomic E-state index is 13.0. The van der Waals surface area contributed by atoms with Gasteiger partial charge >= 0.3 is 0 Å². The van der Waals surface area contributed by atoms with Crippen molar-refractivity contribution in [1.29, 1.82) is 0 Å². The minimum Gasteiger partial charge on any atom is -0.383 e. The van der Waals surface area contributed by atoms with Crippen LogP contribution < -0.4 is 4.90 Å². The number of hydrogen-bond donors (Lipinski definition) is 0. The smallest absolute Gasteiger partial charge is 0.203 e. The first-order chi connectivity index (χ1) is 13.9. The molecule has 0 radical (unpaired) electrons. The standard InChI is InChI=1S/C23H31N3O2S/c1-6-25(13-14-28-5)11-12-26-17(2)15-19-16-21(29-23(19)26)22(27)18-7-9-20(10-8-18)24(3)4/h7-10,15-16H,6,11-14H2,1-5H3. The SMILES string of the molecule is CCN(CCOC)CCn1c(C)cc2cc(C(=O)c3ccc(N(C)C)cc3)sc21. The normalized spacial score (nSPS) is 11.5. The average molecular weight is 414 g/mol. The van der Waals surface area contributed by atoms with Crippen molar-refractivity contribution in [2.45, 2.75) is 20.4 Å². The van der Waals surface area contributed by atoms with Crippen molar-refractivity contribution in [1.82, 2.24) is 9.47 Å². The molecule has 3 rings (SSSR count). The molecule has 3 aromatic rings. The lowest BCUT2D eigenvalue weighted by Gasteiger charge is -2.20. The molecule has 5 nitrogen and oxygen atoms in total. The molecule has 0 fully saturated rings. The molecule has 0 N–H and O–H groups in total. The minimum absolute atomic E-state index is 0.0935. The number of carbonyl (C=O) groups is 1. The van der Waals surface area contributed by atoms with Gasteiger partial charge in [-0.15, -0.1) is 11.3 Å². The Morgan fingerprint density at radius 2 is 1.86 bits per heavy atom. The maximum absolute atomic E-state index is 13.0. The molecule has 0 saturated carbocycles. The van der Waals surface area contributed by atoms with Crippen molar-refractivity contribution in [2.75, 3.05) is 52.3 Å². The fraction of sp³-hybridized carbons (Fsp3) is 0.435. The van der Waals surface area contributed by atoms with E-state index >= 15 is 0 Å².